The van der Waals surface area contributed by atoms with E-state index in [2.05, 4.69) is 12.1 Å². The molecule has 0 saturated carbocycles. The average Bonchev–Trinajstić information content (AvgIpc) is 2.81. The van der Waals surface area contributed by atoms with Gasteiger partial charge in [-0.1, -0.05) is 30.3 Å². The topological polar surface area (TPSA) is 29.6 Å². The number of ether oxygens (including phenoxy) is 1. The quantitative estimate of drug-likeness (QED) is 0.631. The molecule has 1 fully saturated rings. The van der Waals surface area contributed by atoms with Crippen molar-refractivity contribution in [1.82, 2.24) is 0 Å². The fraction of sp³-hybridized carbons (Fsp3) is 0.300. The van der Waals surface area contributed by atoms with Crippen molar-refractivity contribution in [3.63, 3.8) is 0 Å². The maximum Gasteiger partial charge on any atom is 0.348 e. The third-order valence-corrected chi connectivity index (χ3v) is 2.00. The zero-order valence-corrected chi connectivity index (χ0v) is 6.69. The minimum Gasteiger partial charge on any atom is -0.448 e. The number of hydrogen-bond donors (Lipinski definition) is 0. The lowest BCUT2D eigenvalue weighted by Crippen LogP contribution is -1.91. The van der Waals surface area contributed by atoms with Crippen molar-refractivity contribution in [2.75, 3.05) is 0 Å². The number of aryl methyl sites for hydroxylation is 1. The summed E-state index contributed by atoms with van der Waals surface area (Å²) in [6, 6.07) is 10.1. The maximum absolute atomic E-state index is 10.5. The van der Waals surface area contributed by atoms with Crippen LogP contribution >= 0.6 is 0 Å². The van der Waals surface area contributed by atoms with Crippen LogP contribution in [0, 0.1) is 0 Å². The Labute approximate surface area is 71.2 Å². The molecule has 0 unspecified atom stereocenters. The third kappa shape index (κ3) is 1.64. The molecule has 1 aromatic carbocycles. The fourth-order valence-corrected chi connectivity index (χ4v) is 1.23. The van der Waals surface area contributed by atoms with Gasteiger partial charge < -0.3 is 4.74 Å². The van der Waals surface area contributed by atoms with Crippen LogP contribution in [0.25, 0.3) is 0 Å². The van der Waals surface area contributed by atoms with Crippen molar-refractivity contribution in [3.05, 3.63) is 35.9 Å². The Bertz CT molecular complexity index is 279. The lowest BCUT2D eigenvalue weighted by atomic mass is 10.1. The minimum absolute atomic E-state index is 0.0501. The number of rotatable bonds is 3. The SMILES string of the molecule is O=C1O[C@@H]1CCc1ccccc1. The van der Waals surface area contributed by atoms with Crippen LogP contribution in [0.2, 0.25) is 0 Å². The fourth-order valence-electron chi connectivity index (χ4n) is 1.23. The molecular weight excluding hydrogens is 152 g/mol. The summed E-state index contributed by atoms with van der Waals surface area (Å²) < 4.78 is 4.70. The van der Waals surface area contributed by atoms with Gasteiger partial charge in [0.05, 0.1) is 0 Å². The Balaban J connectivity index is 1.84. The van der Waals surface area contributed by atoms with Gasteiger partial charge in [0.1, 0.15) is 0 Å². The Hall–Kier alpha value is -1.31. The van der Waals surface area contributed by atoms with Gasteiger partial charge in [0.2, 0.25) is 0 Å². The summed E-state index contributed by atoms with van der Waals surface area (Å²) in [5.74, 6) is -0.0501. The van der Waals surface area contributed by atoms with Crippen molar-refractivity contribution < 1.29 is 9.53 Å². The first-order chi connectivity index (χ1) is 5.86. The van der Waals surface area contributed by atoms with Crippen molar-refractivity contribution in [2.24, 2.45) is 0 Å². The van der Waals surface area contributed by atoms with E-state index in [-0.39, 0.29) is 12.1 Å². The second kappa shape index (κ2) is 2.97. The second-order valence-electron chi connectivity index (χ2n) is 2.95. The van der Waals surface area contributed by atoms with E-state index in [4.69, 9.17) is 4.74 Å². The van der Waals surface area contributed by atoms with E-state index in [1.54, 1.807) is 0 Å². The third-order valence-electron chi connectivity index (χ3n) is 2.00. The van der Waals surface area contributed by atoms with E-state index < -0.39 is 0 Å². The summed E-state index contributed by atoms with van der Waals surface area (Å²) in [4.78, 5) is 10.5. The van der Waals surface area contributed by atoms with Crippen molar-refractivity contribution >= 4 is 5.97 Å². The standard InChI is InChI=1S/C10H10O2/c11-10-9(12-10)7-6-8-4-2-1-3-5-8/h1-5,9H,6-7H2/t9-/m1/s1. The van der Waals surface area contributed by atoms with E-state index in [1.165, 1.54) is 5.56 Å². The van der Waals surface area contributed by atoms with Gasteiger partial charge in [-0.3, -0.25) is 0 Å². The number of hydrogen-bond acceptors (Lipinski definition) is 2. The van der Waals surface area contributed by atoms with Crippen LogP contribution in [0.4, 0.5) is 0 Å². The van der Waals surface area contributed by atoms with Crippen molar-refractivity contribution in [1.29, 1.82) is 0 Å². The Morgan fingerprint density at radius 3 is 2.50 bits per heavy atom. The highest BCUT2D eigenvalue weighted by Gasteiger charge is 2.36. The molecule has 12 heavy (non-hydrogen) atoms. The molecule has 0 bridgehead atoms. The van der Waals surface area contributed by atoms with Crippen LogP contribution < -0.4 is 0 Å². The van der Waals surface area contributed by atoms with Crippen LogP contribution in [0.15, 0.2) is 30.3 Å². The van der Waals surface area contributed by atoms with Crippen molar-refractivity contribution in [2.45, 2.75) is 18.9 Å². The zero-order chi connectivity index (χ0) is 8.39. The lowest BCUT2D eigenvalue weighted by Gasteiger charge is -1.95. The second-order valence-corrected chi connectivity index (χ2v) is 2.95. The van der Waals surface area contributed by atoms with Gasteiger partial charge in [-0.15, -0.1) is 0 Å². The van der Waals surface area contributed by atoms with E-state index in [0.29, 0.717) is 0 Å². The summed E-state index contributed by atoms with van der Waals surface area (Å²) in [7, 11) is 0. The molecule has 0 amide bonds. The molecule has 1 aliphatic heterocycles. The summed E-state index contributed by atoms with van der Waals surface area (Å²) in [6.45, 7) is 0. The molecule has 62 valence electrons. The van der Waals surface area contributed by atoms with Crippen LogP contribution in [0.1, 0.15) is 12.0 Å². The molecule has 2 rings (SSSR count). The van der Waals surface area contributed by atoms with Crippen LogP contribution in [-0.2, 0) is 16.0 Å². The Kier molecular flexibility index (Phi) is 1.82. The number of epoxide rings is 1. The molecule has 1 aliphatic rings. The lowest BCUT2D eigenvalue weighted by molar-refractivity contribution is -0.117. The van der Waals surface area contributed by atoms with Crippen LogP contribution in [0.5, 0.6) is 0 Å². The first-order valence-electron chi connectivity index (χ1n) is 4.11. The smallest absolute Gasteiger partial charge is 0.348 e. The van der Waals surface area contributed by atoms with Gasteiger partial charge in [-0.05, 0) is 18.4 Å². The molecule has 2 nitrogen and oxygen atoms in total. The largest absolute Gasteiger partial charge is 0.448 e. The molecule has 1 atom stereocenters. The molecule has 0 N–H and O–H groups in total. The summed E-state index contributed by atoms with van der Waals surface area (Å²) in [6.07, 6.45) is 1.64. The van der Waals surface area contributed by atoms with E-state index in [0.717, 1.165) is 12.8 Å². The summed E-state index contributed by atoms with van der Waals surface area (Å²) >= 11 is 0. The highest BCUT2D eigenvalue weighted by Crippen LogP contribution is 2.18. The number of carbonyl (C=O) groups excluding carboxylic acids is 1. The summed E-state index contributed by atoms with van der Waals surface area (Å²) in [5.41, 5.74) is 1.26. The molecule has 1 aromatic rings. The highest BCUT2D eigenvalue weighted by molar-refractivity contribution is 5.87. The molecule has 0 spiro atoms. The van der Waals surface area contributed by atoms with Gasteiger partial charge in [0.15, 0.2) is 6.10 Å². The van der Waals surface area contributed by atoms with Crippen LogP contribution in [0.3, 0.4) is 0 Å². The van der Waals surface area contributed by atoms with Gasteiger partial charge in [0.25, 0.3) is 0 Å². The predicted molar refractivity (Wildman–Crippen MR) is 44.6 cm³/mol. The van der Waals surface area contributed by atoms with Gasteiger partial charge in [-0.2, -0.15) is 0 Å². The molecule has 0 radical (unpaired) electrons. The first-order valence-corrected chi connectivity index (χ1v) is 4.11. The minimum atomic E-state index is -0.106. The first kappa shape index (κ1) is 7.35. The molecule has 0 aliphatic carbocycles. The molecular formula is C10H10O2. The van der Waals surface area contributed by atoms with Gasteiger partial charge in [0, 0.05) is 0 Å². The van der Waals surface area contributed by atoms with E-state index >= 15 is 0 Å². The van der Waals surface area contributed by atoms with Crippen LogP contribution in [-0.4, -0.2) is 12.1 Å². The normalized spacial score (nSPS) is 20.3. The Morgan fingerprint density at radius 2 is 1.92 bits per heavy atom. The predicted octanol–water partition coefficient (Wildman–Crippen LogP) is 1.54. The molecule has 2 heteroatoms. The maximum atomic E-state index is 10.5. The highest BCUT2D eigenvalue weighted by atomic mass is 16.6. The Morgan fingerprint density at radius 1 is 1.25 bits per heavy atom. The molecule has 0 aromatic heterocycles. The monoisotopic (exact) mass is 162 g/mol. The van der Waals surface area contributed by atoms with Crippen molar-refractivity contribution in [3.8, 4) is 0 Å². The molecule has 1 heterocycles. The number of benzene rings is 1. The molecule has 1 saturated heterocycles. The van der Waals surface area contributed by atoms with Gasteiger partial charge >= 0.3 is 5.97 Å². The number of carbonyl (C=O) groups is 1. The summed E-state index contributed by atoms with van der Waals surface area (Å²) in [5, 5.41) is 0. The average molecular weight is 162 g/mol. The number of cyclic esters (lactones) is 1. The zero-order valence-electron chi connectivity index (χ0n) is 6.69. The van der Waals surface area contributed by atoms with Gasteiger partial charge in [-0.25, -0.2) is 4.79 Å². The van der Waals surface area contributed by atoms with E-state index in [1.807, 2.05) is 18.2 Å². The van der Waals surface area contributed by atoms with E-state index in [9.17, 15) is 4.79 Å².